The number of hydrogen-bond donors (Lipinski definition) is 1. The number of nitrogens with zero attached hydrogens (tertiary/aromatic N) is 1. The Balaban J connectivity index is 1.80. The first-order valence-corrected chi connectivity index (χ1v) is 8.79. The smallest absolute Gasteiger partial charge is 0.255 e. The molecule has 1 heterocycles. The van der Waals surface area contributed by atoms with Crippen LogP contribution in [-0.2, 0) is 6.61 Å². The minimum atomic E-state index is -0.353. The highest BCUT2D eigenvalue weighted by molar-refractivity contribution is 6.39. The van der Waals surface area contributed by atoms with E-state index in [2.05, 4.69) is 10.3 Å². The van der Waals surface area contributed by atoms with E-state index in [0.717, 1.165) is 11.3 Å². The van der Waals surface area contributed by atoms with Crippen molar-refractivity contribution < 1.29 is 14.3 Å². The van der Waals surface area contributed by atoms with Crippen LogP contribution in [0.2, 0.25) is 10.0 Å². The normalized spacial score (nSPS) is 10.3. The lowest BCUT2D eigenvalue weighted by atomic mass is 10.1. The van der Waals surface area contributed by atoms with Crippen molar-refractivity contribution >= 4 is 34.8 Å². The molecule has 0 saturated heterocycles. The molecule has 1 aromatic heterocycles. The number of carbonyl (C=O) groups is 1. The van der Waals surface area contributed by atoms with Gasteiger partial charge in [-0.15, -0.1) is 0 Å². The number of para-hydroxylation sites is 1. The molecule has 0 radical (unpaired) electrons. The van der Waals surface area contributed by atoms with Gasteiger partial charge in [-0.3, -0.25) is 9.78 Å². The average molecular weight is 403 g/mol. The van der Waals surface area contributed by atoms with Gasteiger partial charge in [0, 0.05) is 23.5 Å². The van der Waals surface area contributed by atoms with Crippen molar-refractivity contribution in [2.45, 2.75) is 6.61 Å². The molecule has 3 aromatic rings. The molecule has 0 unspecified atom stereocenters. The second-order valence-corrected chi connectivity index (χ2v) is 6.38. The van der Waals surface area contributed by atoms with E-state index < -0.39 is 0 Å². The van der Waals surface area contributed by atoms with Crippen LogP contribution in [0, 0.1) is 0 Å². The van der Waals surface area contributed by atoms with E-state index in [0.29, 0.717) is 17.0 Å². The topological polar surface area (TPSA) is 60.5 Å². The lowest BCUT2D eigenvalue weighted by molar-refractivity contribution is 0.102. The SMILES string of the molecule is COc1ccc(C(=O)Nc2c(Cl)cncc2Cl)cc1COc1ccccc1. The van der Waals surface area contributed by atoms with E-state index in [9.17, 15) is 4.79 Å². The van der Waals surface area contributed by atoms with Crippen molar-refractivity contribution in [3.63, 3.8) is 0 Å². The van der Waals surface area contributed by atoms with Crippen molar-refractivity contribution in [2.24, 2.45) is 0 Å². The quantitative estimate of drug-likeness (QED) is 0.613. The van der Waals surface area contributed by atoms with E-state index >= 15 is 0 Å². The van der Waals surface area contributed by atoms with Crippen LogP contribution in [0.15, 0.2) is 60.9 Å². The highest BCUT2D eigenvalue weighted by Crippen LogP contribution is 2.29. The summed E-state index contributed by atoms with van der Waals surface area (Å²) in [6, 6.07) is 14.5. The molecule has 5 nitrogen and oxygen atoms in total. The summed E-state index contributed by atoms with van der Waals surface area (Å²) in [7, 11) is 1.57. The molecule has 0 aliphatic rings. The van der Waals surface area contributed by atoms with Gasteiger partial charge in [0.1, 0.15) is 18.1 Å². The second kappa shape index (κ2) is 8.75. The van der Waals surface area contributed by atoms with Gasteiger partial charge in [-0.05, 0) is 30.3 Å². The van der Waals surface area contributed by atoms with Gasteiger partial charge in [0.05, 0.1) is 22.8 Å². The third kappa shape index (κ3) is 4.70. The maximum atomic E-state index is 12.6. The van der Waals surface area contributed by atoms with Crippen molar-refractivity contribution in [3.8, 4) is 11.5 Å². The van der Waals surface area contributed by atoms with Crippen molar-refractivity contribution in [2.75, 3.05) is 12.4 Å². The molecule has 0 aliphatic heterocycles. The number of pyridine rings is 1. The maximum Gasteiger partial charge on any atom is 0.255 e. The summed E-state index contributed by atoms with van der Waals surface area (Å²) in [5.74, 6) is 1.00. The number of rotatable bonds is 6. The number of halogens is 2. The first-order chi connectivity index (χ1) is 13.1. The van der Waals surface area contributed by atoms with Crippen LogP contribution in [0.25, 0.3) is 0 Å². The molecule has 7 heteroatoms. The van der Waals surface area contributed by atoms with Gasteiger partial charge in [-0.2, -0.15) is 0 Å². The summed E-state index contributed by atoms with van der Waals surface area (Å²) in [6.07, 6.45) is 2.83. The molecule has 0 bridgehead atoms. The second-order valence-electron chi connectivity index (χ2n) is 5.56. The number of amides is 1. The molecular weight excluding hydrogens is 387 g/mol. The third-order valence-corrected chi connectivity index (χ3v) is 4.35. The zero-order valence-corrected chi connectivity index (χ0v) is 15.9. The molecular formula is C20H16Cl2N2O3. The molecule has 0 fully saturated rings. The number of aromatic nitrogens is 1. The van der Waals surface area contributed by atoms with E-state index in [1.165, 1.54) is 12.4 Å². The molecule has 0 saturated carbocycles. The summed E-state index contributed by atoms with van der Waals surface area (Å²) in [4.78, 5) is 16.5. The number of carbonyl (C=O) groups excluding carboxylic acids is 1. The van der Waals surface area contributed by atoms with E-state index in [1.807, 2.05) is 30.3 Å². The van der Waals surface area contributed by atoms with E-state index in [4.69, 9.17) is 32.7 Å². The minimum Gasteiger partial charge on any atom is -0.496 e. The van der Waals surface area contributed by atoms with Gasteiger partial charge in [-0.25, -0.2) is 0 Å². The Kier molecular flexibility index (Phi) is 6.16. The molecule has 0 spiro atoms. The largest absolute Gasteiger partial charge is 0.496 e. The zero-order valence-electron chi connectivity index (χ0n) is 14.4. The van der Waals surface area contributed by atoms with Crippen LogP contribution < -0.4 is 14.8 Å². The van der Waals surface area contributed by atoms with Gasteiger partial charge < -0.3 is 14.8 Å². The van der Waals surface area contributed by atoms with E-state index in [1.54, 1.807) is 25.3 Å². The third-order valence-electron chi connectivity index (χ3n) is 3.77. The van der Waals surface area contributed by atoms with Crippen LogP contribution in [0.5, 0.6) is 11.5 Å². The molecule has 0 aliphatic carbocycles. The lowest BCUT2D eigenvalue weighted by Crippen LogP contribution is -2.13. The fraction of sp³-hybridized carbons (Fsp3) is 0.100. The van der Waals surface area contributed by atoms with Gasteiger partial charge in [0.15, 0.2) is 0 Å². The van der Waals surface area contributed by atoms with Crippen LogP contribution in [0.4, 0.5) is 5.69 Å². The molecule has 27 heavy (non-hydrogen) atoms. The lowest BCUT2D eigenvalue weighted by Gasteiger charge is -2.13. The summed E-state index contributed by atoms with van der Waals surface area (Å²) in [5.41, 5.74) is 1.48. The number of hydrogen-bond acceptors (Lipinski definition) is 4. The minimum absolute atomic E-state index is 0.255. The molecule has 2 aromatic carbocycles. The summed E-state index contributed by atoms with van der Waals surface area (Å²) >= 11 is 12.1. The Morgan fingerprint density at radius 2 is 1.78 bits per heavy atom. The molecule has 1 N–H and O–H groups in total. The number of ether oxygens (including phenoxy) is 2. The molecule has 0 atom stereocenters. The van der Waals surface area contributed by atoms with Crippen LogP contribution in [-0.4, -0.2) is 18.0 Å². The Labute approximate surface area is 166 Å². The fourth-order valence-corrected chi connectivity index (χ4v) is 2.89. The maximum absolute atomic E-state index is 12.6. The van der Waals surface area contributed by atoms with Crippen molar-refractivity contribution in [1.82, 2.24) is 4.98 Å². The predicted octanol–water partition coefficient (Wildman–Crippen LogP) is 5.23. The van der Waals surface area contributed by atoms with Crippen molar-refractivity contribution in [3.05, 3.63) is 82.1 Å². The Hall–Kier alpha value is -2.76. The average Bonchev–Trinajstić information content (AvgIpc) is 2.69. The van der Waals surface area contributed by atoms with Gasteiger partial charge in [-0.1, -0.05) is 41.4 Å². The first-order valence-electron chi connectivity index (χ1n) is 8.03. The number of methoxy groups -OCH3 is 1. The highest BCUT2D eigenvalue weighted by Gasteiger charge is 2.14. The van der Waals surface area contributed by atoms with Crippen LogP contribution in [0.1, 0.15) is 15.9 Å². The molecule has 3 rings (SSSR count). The summed E-state index contributed by atoms with van der Waals surface area (Å²) in [6.45, 7) is 0.255. The first kappa shape index (κ1) is 19.0. The Morgan fingerprint density at radius 1 is 1.07 bits per heavy atom. The van der Waals surface area contributed by atoms with Crippen LogP contribution >= 0.6 is 23.2 Å². The predicted molar refractivity (Wildman–Crippen MR) is 106 cm³/mol. The number of anilines is 1. The molecule has 1 amide bonds. The standard InChI is InChI=1S/C20H16Cl2N2O3/c1-26-18-8-7-13(9-14(18)12-27-15-5-3-2-4-6-15)20(25)24-19-16(21)10-23-11-17(19)22/h2-11H,12H2,1H3,(H,23,24,25). The molecule has 138 valence electrons. The van der Waals surface area contributed by atoms with Crippen LogP contribution in [0.3, 0.4) is 0 Å². The fourth-order valence-electron chi connectivity index (χ4n) is 2.43. The van der Waals surface area contributed by atoms with Gasteiger partial charge >= 0.3 is 0 Å². The Bertz CT molecular complexity index is 929. The summed E-state index contributed by atoms with van der Waals surface area (Å²) in [5, 5.41) is 3.23. The Morgan fingerprint density at radius 3 is 2.44 bits per heavy atom. The summed E-state index contributed by atoms with van der Waals surface area (Å²) < 4.78 is 11.1. The highest BCUT2D eigenvalue weighted by atomic mass is 35.5. The van der Waals surface area contributed by atoms with E-state index in [-0.39, 0.29) is 22.6 Å². The zero-order chi connectivity index (χ0) is 19.2. The van der Waals surface area contributed by atoms with Gasteiger partial charge in [0.2, 0.25) is 0 Å². The monoisotopic (exact) mass is 402 g/mol. The number of nitrogens with one attached hydrogen (secondary N) is 1. The van der Waals surface area contributed by atoms with Crippen molar-refractivity contribution in [1.29, 1.82) is 0 Å². The van der Waals surface area contributed by atoms with Gasteiger partial charge in [0.25, 0.3) is 5.91 Å². The number of benzene rings is 2.